The molecule has 0 spiro atoms. The minimum absolute atomic E-state index is 0.185. The highest BCUT2D eigenvalue weighted by Gasteiger charge is 1.94. The van der Waals surface area contributed by atoms with Gasteiger partial charge >= 0.3 is 0 Å². The Hall–Kier alpha value is -1.58. The van der Waals surface area contributed by atoms with Crippen LogP contribution in [0.25, 0.3) is 0 Å². The summed E-state index contributed by atoms with van der Waals surface area (Å²) in [5.41, 5.74) is 0.111. The summed E-state index contributed by atoms with van der Waals surface area (Å²) in [5, 5.41) is 2.30. The highest BCUT2D eigenvalue weighted by Crippen LogP contribution is 1.94. The number of nitrogens with one attached hydrogen (secondary N) is 1. The van der Waals surface area contributed by atoms with Crippen molar-refractivity contribution in [2.24, 2.45) is 7.05 Å². The lowest BCUT2D eigenvalue weighted by molar-refractivity contribution is -0.105. The average Bonchev–Trinajstić information content (AvgIpc) is 1.98. The third-order valence-corrected chi connectivity index (χ3v) is 1.27. The molecule has 0 fully saturated rings. The molecule has 0 aliphatic carbocycles. The summed E-state index contributed by atoms with van der Waals surface area (Å²) in [6.07, 6.45) is 3.66. The molecular formula is C7H8N2O2. The standard InChI is InChI=1S/C7H8N2O2/c1-9-3-2-7(11)6(4-9)8-5-10/h2-5H,1H3,(H,8,10). The second-order valence-corrected chi connectivity index (χ2v) is 2.15. The topological polar surface area (TPSA) is 51.1 Å². The first-order valence-electron chi connectivity index (χ1n) is 3.10. The molecule has 1 aromatic heterocycles. The van der Waals surface area contributed by atoms with E-state index in [0.717, 1.165) is 0 Å². The summed E-state index contributed by atoms with van der Waals surface area (Å²) in [6, 6.07) is 1.39. The fraction of sp³-hybridized carbons (Fsp3) is 0.143. The Kier molecular flexibility index (Phi) is 2.06. The van der Waals surface area contributed by atoms with E-state index >= 15 is 0 Å². The van der Waals surface area contributed by atoms with Crippen LogP contribution in [0.2, 0.25) is 0 Å². The average molecular weight is 152 g/mol. The molecule has 11 heavy (non-hydrogen) atoms. The predicted octanol–water partition coefficient (Wildman–Crippen LogP) is -0.0464. The van der Waals surface area contributed by atoms with Gasteiger partial charge < -0.3 is 9.88 Å². The quantitative estimate of drug-likeness (QED) is 0.604. The van der Waals surface area contributed by atoms with Crippen LogP contribution >= 0.6 is 0 Å². The molecule has 0 aromatic carbocycles. The van der Waals surface area contributed by atoms with E-state index in [1.165, 1.54) is 6.07 Å². The third kappa shape index (κ3) is 1.67. The zero-order valence-corrected chi connectivity index (χ0v) is 6.07. The number of hydrogen-bond acceptors (Lipinski definition) is 2. The van der Waals surface area contributed by atoms with Gasteiger partial charge in [0.2, 0.25) is 11.8 Å². The SMILES string of the molecule is Cn1ccc(=O)c(NC=O)c1. The largest absolute Gasteiger partial charge is 0.355 e. The normalized spacial score (nSPS) is 9.18. The van der Waals surface area contributed by atoms with Crippen molar-refractivity contribution in [2.75, 3.05) is 5.32 Å². The first-order chi connectivity index (χ1) is 5.24. The van der Waals surface area contributed by atoms with Crippen molar-refractivity contribution in [3.05, 3.63) is 28.7 Å². The molecule has 0 unspecified atom stereocenters. The van der Waals surface area contributed by atoms with Crippen molar-refractivity contribution < 1.29 is 4.79 Å². The van der Waals surface area contributed by atoms with Crippen molar-refractivity contribution in [1.29, 1.82) is 0 Å². The molecule has 1 aromatic rings. The Balaban J connectivity index is 3.12. The van der Waals surface area contributed by atoms with Crippen LogP contribution < -0.4 is 10.7 Å². The maximum absolute atomic E-state index is 10.9. The molecule has 1 N–H and O–H groups in total. The van der Waals surface area contributed by atoms with E-state index in [9.17, 15) is 9.59 Å². The van der Waals surface area contributed by atoms with E-state index in [1.807, 2.05) is 0 Å². The van der Waals surface area contributed by atoms with Gasteiger partial charge in [-0.1, -0.05) is 0 Å². The van der Waals surface area contributed by atoms with E-state index in [4.69, 9.17) is 0 Å². The maximum atomic E-state index is 10.9. The Morgan fingerprint density at radius 3 is 3.00 bits per heavy atom. The first kappa shape index (κ1) is 7.53. The van der Waals surface area contributed by atoms with Gasteiger partial charge in [0.1, 0.15) is 5.69 Å². The molecule has 0 aliphatic rings. The van der Waals surface area contributed by atoms with Gasteiger partial charge in [0, 0.05) is 25.5 Å². The van der Waals surface area contributed by atoms with Crippen LogP contribution in [-0.4, -0.2) is 11.0 Å². The van der Waals surface area contributed by atoms with Crippen molar-refractivity contribution in [3.63, 3.8) is 0 Å². The van der Waals surface area contributed by atoms with Crippen molar-refractivity contribution in [2.45, 2.75) is 0 Å². The second-order valence-electron chi connectivity index (χ2n) is 2.15. The monoisotopic (exact) mass is 152 g/mol. The molecule has 1 amide bonds. The molecule has 0 aliphatic heterocycles. The van der Waals surface area contributed by atoms with Crippen LogP contribution in [0.5, 0.6) is 0 Å². The van der Waals surface area contributed by atoms with Gasteiger partial charge in [-0.3, -0.25) is 9.59 Å². The molecule has 4 nitrogen and oxygen atoms in total. The van der Waals surface area contributed by atoms with Crippen LogP contribution in [-0.2, 0) is 11.8 Å². The molecule has 0 saturated heterocycles. The fourth-order valence-electron chi connectivity index (χ4n) is 0.757. The number of aryl methyl sites for hydroxylation is 1. The summed E-state index contributed by atoms with van der Waals surface area (Å²) in [6.45, 7) is 0. The van der Waals surface area contributed by atoms with E-state index in [2.05, 4.69) is 5.32 Å². The summed E-state index contributed by atoms with van der Waals surface area (Å²) in [7, 11) is 1.77. The summed E-state index contributed by atoms with van der Waals surface area (Å²) in [5.74, 6) is 0. The van der Waals surface area contributed by atoms with Gasteiger partial charge in [-0.05, 0) is 0 Å². The minimum Gasteiger partial charge on any atom is -0.355 e. The van der Waals surface area contributed by atoms with Gasteiger partial charge in [-0.15, -0.1) is 0 Å². The van der Waals surface area contributed by atoms with Crippen LogP contribution in [0, 0.1) is 0 Å². The van der Waals surface area contributed by atoms with Crippen molar-refractivity contribution in [3.8, 4) is 0 Å². The maximum Gasteiger partial charge on any atom is 0.211 e. The number of anilines is 1. The highest BCUT2D eigenvalue weighted by molar-refractivity contribution is 5.70. The zero-order valence-electron chi connectivity index (χ0n) is 6.07. The Morgan fingerprint density at radius 2 is 2.36 bits per heavy atom. The highest BCUT2D eigenvalue weighted by atomic mass is 16.1. The number of rotatable bonds is 2. The van der Waals surface area contributed by atoms with E-state index in [-0.39, 0.29) is 5.43 Å². The lowest BCUT2D eigenvalue weighted by Crippen LogP contribution is -2.10. The van der Waals surface area contributed by atoms with Gasteiger partial charge in [0.15, 0.2) is 0 Å². The summed E-state index contributed by atoms with van der Waals surface area (Å²) >= 11 is 0. The van der Waals surface area contributed by atoms with Gasteiger partial charge in [0.05, 0.1) is 0 Å². The smallest absolute Gasteiger partial charge is 0.211 e. The number of carbonyl (C=O) groups is 1. The predicted molar refractivity (Wildman–Crippen MR) is 41.4 cm³/mol. The zero-order chi connectivity index (χ0) is 8.27. The second kappa shape index (κ2) is 3.01. The molecule has 58 valence electrons. The lowest BCUT2D eigenvalue weighted by Gasteiger charge is -1.99. The Morgan fingerprint density at radius 1 is 1.64 bits per heavy atom. The van der Waals surface area contributed by atoms with Crippen molar-refractivity contribution >= 4 is 12.1 Å². The molecule has 0 bridgehead atoms. The number of pyridine rings is 1. The Labute approximate surface area is 63.5 Å². The molecular weight excluding hydrogens is 144 g/mol. The summed E-state index contributed by atoms with van der Waals surface area (Å²) in [4.78, 5) is 20.9. The number of hydrogen-bond donors (Lipinski definition) is 1. The van der Waals surface area contributed by atoms with Crippen LogP contribution in [0.15, 0.2) is 23.3 Å². The third-order valence-electron chi connectivity index (χ3n) is 1.27. The van der Waals surface area contributed by atoms with Crippen LogP contribution in [0.4, 0.5) is 5.69 Å². The molecule has 4 heteroatoms. The van der Waals surface area contributed by atoms with Crippen LogP contribution in [0.1, 0.15) is 0 Å². The van der Waals surface area contributed by atoms with E-state index in [0.29, 0.717) is 12.1 Å². The molecule has 1 rings (SSSR count). The van der Waals surface area contributed by atoms with Gasteiger partial charge in [-0.2, -0.15) is 0 Å². The molecule has 0 saturated carbocycles. The van der Waals surface area contributed by atoms with E-state index < -0.39 is 0 Å². The van der Waals surface area contributed by atoms with E-state index in [1.54, 1.807) is 24.0 Å². The van der Waals surface area contributed by atoms with Gasteiger partial charge in [-0.25, -0.2) is 0 Å². The first-order valence-corrected chi connectivity index (χ1v) is 3.10. The van der Waals surface area contributed by atoms with Crippen LogP contribution in [0.3, 0.4) is 0 Å². The molecule has 0 atom stereocenters. The number of amides is 1. The Bertz CT molecular complexity index is 316. The van der Waals surface area contributed by atoms with Gasteiger partial charge in [0.25, 0.3) is 0 Å². The fourth-order valence-corrected chi connectivity index (χ4v) is 0.757. The minimum atomic E-state index is -0.185. The number of nitrogens with zero attached hydrogens (tertiary/aromatic N) is 1. The lowest BCUT2D eigenvalue weighted by atomic mass is 10.4. The summed E-state index contributed by atoms with van der Waals surface area (Å²) < 4.78 is 1.69. The molecule has 1 heterocycles. The number of aromatic nitrogens is 1. The van der Waals surface area contributed by atoms with Crippen molar-refractivity contribution in [1.82, 2.24) is 4.57 Å². The number of carbonyl (C=O) groups excluding carboxylic acids is 1. The molecule has 0 radical (unpaired) electrons.